The summed E-state index contributed by atoms with van der Waals surface area (Å²) in [6, 6.07) is 5.36. The first-order valence-electron chi connectivity index (χ1n) is 7.51. The molecule has 128 valence electrons. The maximum absolute atomic E-state index is 12.1. The molecule has 1 heterocycles. The SMILES string of the molecule is CCN1CCC(CN=C(N)Nc2ccc(OC(F)(F)F)cc2)C1. The molecule has 3 N–H and O–H groups in total. The molecule has 0 aliphatic carbocycles. The van der Waals surface area contributed by atoms with Crippen LogP contribution in [0, 0.1) is 5.92 Å². The van der Waals surface area contributed by atoms with Gasteiger partial charge in [0.05, 0.1) is 0 Å². The monoisotopic (exact) mass is 330 g/mol. The van der Waals surface area contributed by atoms with Gasteiger partial charge in [0.15, 0.2) is 5.96 Å². The maximum Gasteiger partial charge on any atom is 0.573 e. The normalized spacial score (nSPS) is 19.8. The Balaban J connectivity index is 1.82. The molecule has 1 aromatic carbocycles. The summed E-state index contributed by atoms with van der Waals surface area (Å²) in [5.74, 6) is 0.478. The van der Waals surface area contributed by atoms with E-state index >= 15 is 0 Å². The second-order valence-electron chi connectivity index (χ2n) is 5.47. The highest BCUT2D eigenvalue weighted by Gasteiger charge is 2.30. The molecule has 1 saturated heterocycles. The molecule has 8 heteroatoms. The Kier molecular flexibility index (Phi) is 5.70. The average Bonchev–Trinajstić information content (AvgIpc) is 2.94. The number of nitrogens with zero attached hydrogens (tertiary/aromatic N) is 2. The van der Waals surface area contributed by atoms with E-state index < -0.39 is 6.36 Å². The number of aliphatic imine (C=N–C) groups is 1. The van der Waals surface area contributed by atoms with Crippen molar-refractivity contribution in [1.82, 2.24) is 4.90 Å². The number of halogens is 3. The molecule has 0 spiro atoms. The molecule has 1 aliphatic rings. The molecule has 1 atom stereocenters. The van der Waals surface area contributed by atoms with Crippen molar-refractivity contribution >= 4 is 11.6 Å². The van der Waals surface area contributed by atoms with Gasteiger partial charge in [0.2, 0.25) is 0 Å². The molecule has 23 heavy (non-hydrogen) atoms. The molecule has 5 nitrogen and oxygen atoms in total. The minimum Gasteiger partial charge on any atom is -0.406 e. The summed E-state index contributed by atoms with van der Waals surface area (Å²) in [4.78, 5) is 6.66. The number of rotatable bonds is 5. The lowest BCUT2D eigenvalue weighted by Gasteiger charge is -2.12. The van der Waals surface area contributed by atoms with Gasteiger partial charge >= 0.3 is 6.36 Å². The van der Waals surface area contributed by atoms with Crippen LogP contribution >= 0.6 is 0 Å². The van der Waals surface area contributed by atoms with Gasteiger partial charge in [-0.25, -0.2) is 0 Å². The van der Waals surface area contributed by atoms with E-state index in [2.05, 4.69) is 26.9 Å². The van der Waals surface area contributed by atoms with E-state index in [0.29, 0.717) is 18.2 Å². The quantitative estimate of drug-likeness (QED) is 0.644. The smallest absolute Gasteiger partial charge is 0.406 e. The third kappa shape index (κ3) is 5.97. The van der Waals surface area contributed by atoms with Crippen molar-refractivity contribution in [2.45, 2.75) is 19.7 Å². The highest BCUT2D eigenvalue weighted by molar-refractivity contribution is 5.92. The van der Waals surface area contributed by atoms with E-state index in [1.165, 1.54) is 24.3 Å². The molecule has 1 unspecified atom stereocenters. The van der Waals surface area contributed by atoms with E-state index in [1.807, 2.05) is 0 Å². The lowest BCUT2D eigenvalue weighted by atomic mass is 10.1. The van der Waals surface area contributed by atoms with Crippen molar-refractivity contribution in [2.75, 3.05) is 31.5 Å². The first kappa shape index (κ1) is 17.4. The molecular formula is C15H21F3N4O. The molecular weight excluding hydrogens is 309 g/mol. The lowest BCUT2D eigenvalue weighted by Crippen LogP contribution is -2.25. The highest BCUT2D eigenvalue weighted by Crippen LogP contribution is 2.23. The Bertz CT molecular complexity index is 531. The van der Waals surface area contributed by atoms with Gasteiger partial charge in [-0.1, -0.05) is 6.92 Å². The van der Waals surface area contributed by atoms with Gasteiger partial charge in [0.25, 0.3) is 0 Å². The van der Waals surface area contributed by atoms with Crippen LogP contribution in [0.5, 0.6) is 5.75 Å². The number of benzene rings is 1. The van der Waals surface area contributed by atoms with Crippen LogP contribution in [0.4, 0.5) is 18.9 Å². The first-order valence-corrected chi connectivity index (χ1v) is 7.51. The van der Waals surface area contributed by atoms with E-state index in [-0.39, 0.29) is 11.7 Å². The van der Waals surface area contributed by atoms with Gasteiger partial charge in [-0.3, -0.25) is 4.99 Å². The first-order chi connectivity index (χ1) is 10.9. The van der Waals surface area contributed by atoms with E-state index in [1.54, 1.807) is 0 Å². The molecule has 0 amide bonds. The second kappa shape index (κ2) is 7.54. The summed E-state index contributed by atoms with van der Waals surface area (Å²) in [6.45, 7) is 5.93. The van der Waals surface area contributed by atoms with Crippen LogP contribution in [0.1, 0.15) is 13.3 Å². The molecule has 2 rings (SSSR count). The molecule has 0 bridgehead atoms. The van der Waals surface area contributed by atoms with E-state index in [0.717, 1.165) is 26.1 Å². The molecule has 1 fully saturated rings. The van der Waals surface area contributed by atoms with Crippen LogP contribution in [0.3, 0.4) is 0 Å². The van der Waals surface area contributed by atoms with Gasteiger partial charge in [-0.15, -0.1) is 13.2 Å². The van der Waals surface area contributed by atoms with E-state index in [9.17, 15) is 13.2 Å². The molecule has 0 aromatic heterocycles. The number of nitrogens with one attached hydrogen (secondary N) is 1. The summed E-state index contributed by atoms with van der Waals surface area (Å²) in [5.41, 5.74) is 6.36. The Hall–Kier alpha value is -1.96. The predicted molar refractivity (Wildman–Crippen MR) is 83.5 cm³/mol. The average molecular weight is 330 g/mol. The number of alkyl halides is 3. The third-order valence-corrected chi connectivity index (χ3v) is 3.70. The number of guanidine groups is 1. The number of hydrogen-bond donors (Lipinski definition) is 2. The third-order valence-electron chi connectivity index (χ3n) is 3.70. The largest absolute Gasteiger partial charge is 0.573 e. The zero-order chi connectivity index (χ0) is 16.9. The fourth-order valence-corrected chi connectivity index (χ4v) is 2.50. The van der Waals surface area contributed by atoms with E-state index in [4.69, 9.17) is 5.73 Å². The second-order valence-corrected chi connectivity index (χ2v) is 5.47. The Labute approximate surface area is 133 Å². The standard InChI is InChI=1S/C15H21F3N4O/c1-2-22-8-7-11(10-22)9-20-14(19)21-12-3-5-13(6-4-12)23-15(16,17)18/h3-6,11H,2,7-10H2,1H3,(H3,19,20,21). The fraction of sp³-hybridized carbons (Fsp3) is 0.533. The van der Waals surface area contributed by atoms with Gasteiger partial charge in [0, 0.05) is 18.8 Å². The number of anilines is 1. The fourth-order valence-electron chi connectivity index (χ4n) is 2.50. The van der Waals surface area contributed by atoms with Crippen molar-refractivity contribution in [3.8, 4) is 5.75 Å². The zero-order valence-electron chi connectivity index (χ0n) is 12.9. The summed E-state index contributed by atoms with van der Waals surface area (Å²) in [6.07, 6.45) is -3.59. The lowest BCUT2D eigenvalue weighted by molar-refractivity contribution is -0.274. The molecule has 0 saturated carbocycles. The summed E-state index contributed by atoms with van der Waals surface area (Å²) < 4.78 is 40.0. The Morgan fingerprint density at radius 2 is 2.09 bits per heavy atom. The summed E-state index contributed by atoms with van der Waals surface area (Å²) in [7, 11) is 0. The van der Waals surface area contributed by atoms with Gasteiger partial charge in [-0.05, 0) is 49.7 Å². The maximum atomic E-state index is 12.1. The van der Waals surface area contributed by atoms with Crippen molar-refractivity contribution in [3.05, 3.63) is 24.3 Å². The zero-order valence-corrected chi connectivity index (χ0v) is 12.9. The number of nitrogens with two attached hydrogens (primary N) is 1. The van der Waals surface area contributed by atoms with Gasteiger partial charge in [0.1, 0.15) is 5.75 Å². The Morgan fingerprint density at radius 1 is 1.39 bits per heavy atom. The van der Waals surface area contributed by atoms with Crippen LogP contribution in [0.25, 0.3) is 0 Å². The van der Waals surface area contributed by atoms with Crippen LogP contribution in [-0.4, -0.2) is 43.4 Å². The molecule has 0 radical (unpaired) electrons. The molecule has 1 aliphatic heterocycles. The van der Waals surface area contributed by atoms with Crippen LogP contribution < -0.4 is 15.8 Å². The number of hydrogen-bond acceptors (Lipinski definition) is 3. The van der Waals surface area contributed by atoms with Crippen LogP contribution in [0.15, 0.2) is 29.3 Å². The van der Waals surface area contributed by atoms with Crippen molar-refractivity contribution in [3.63, 3.8) is 0 Å². The topological polar surface area (TPSA) is 62.9 Å². The minimum atomic E-state index is -4.69. The minimum absolute atomic E-state index is 0.254. The van der Waals surface area contributed by atoms with Crippen LogP contribution in [-0.2, 0) is 0 Å². The number of ether oxygens (including phenoxy) is 1. The molecule has 1 aromatic rings. The van der Waals surface area contributed by atoms with Crippen LogP contribution in [0.2, 0.25) is 0 Å². The van der Waals surface area contributed by atoms with Crippen molar-refractivity contribution < 1.29 is 17.9 Å². The van der Waals surface area contributed by atoms with Gasteiger partial charge in [-0.2, -0.15) is 0 Å². The summed E-state index contributed by atoms with van der Waals surface area (Å²) >= 11 is 0. The van der Waals surface area contributed by atoms with Crippen molar-refractivity contribution in [1.29, 1.82) is 0 Å². The van der Waals surface area contributed by atoms with Crippen molar-refractivity contribution in [2.24, 2.45) is 16.6 Å². The predicted octanol–water partition coefficient (Wildman–Crippen LogP) is 2.65. The highest BCUT2D eigenvalue weighted by atomic mass is 19.4. The Morgan fingerprint density at radius 3 is 2.65 bits per heavy atom. The summed E-state index contributed by atoms with van der Waals surface area (Å²) in [5, 5.41) is 2.86. The number of likely N-dealkylation sites (tertiary alicyclic amines) is 1. The van der Waals surface area contributed by atoms with Gasteiger partial charge < -0.3 is 20.7 Å².